The summed E-state index contributed by atoms with van der Waals surface area (Å²) in [5.41, 5.74) is 0. The summed E-state index contributed by atoms with van der Waals surface area (Å²) in [4.78, 5) is 10.0. The number of hydrogen-bond donors (Lipinski definition) is 2. The Morgan fingerprint density at radius 3 is 2.70 bits per heavy atom. The van der Waals surface area contributed by atoms with Crippen LogP contribution in [0.3, 0.4) is 0 Å². The van der Waals surface area contributed by atoms with Gasteiger partial charge in [0.25, 0.3) is 0 Å². The highest BCUT2D eigenvalue weighted by Gasteiger charge is 2.07. The molecular weight excluding hydrogens is 152 g/mol. The fourth-order valence-electron chi connectivity index (χ4n) is 0.514. The van der Waals surface area contributed by atoms with Crippen LogP contribution in [-0.2, 0) is 4.79 Å². The first-order chi connectivity index (χ1) is 4.66. The Labute approximate surface area is 64.4 Å². The SMILES string of the molecule is CCSCC(O)CC(=O)O. The van der Waals surface area contributed by atoms with Crippen LogP contribution in [0.5, 0.6) is 0 Å². The van der Waals surface area contributed by atoms with E-state index in [1.165, 1.54) is 0 Å². The molecule has 60 valence electrons. The maximum Gasteiger partial charge on any atom is 0.306 e. The van der Waals surface area contributed by atoms with E-state index in [0.717, 1.165) is 5.75 Å². The molecule has 0 saturated carbocycles. The highest BCUT2D eigenvalue weighted by molar-refractivity contribution is 7.99. The third kappa shape index (κ3) is 5.91. The molecule has 1 unspecified atom stereocenters. The number of carboxylic acid groups (broad SMARTS) is 1. The zero-order valence-corrected chi connectivity index (χ0v) is 6.73. The molecule has 0 aromatic heterocycles. The van der Waals surface area contributed by atoms with Crippen molar-refractivity contribution in [3.05, 3.63) is 0 Å². The van der Waals surface area contributed by atoms with Gasteiger partial charge in [-0.2, -0.15) is 11.8 Å². The average molecular weight is 164 g/mol. The van der Waals surface area contributed by atoms with Gasteiger partial charge in [-0.15, -0.1) is 0 Å². The van der Waals surface area contributed by atoms with Crippen molar-refractivity contribution in [2.45, 2.75) is 19.4 Å². The molecule has 0 bridgehead atoms. The molecule has 0 aliphatic carbocycles. The Bertz CT molecular complexity index is 105. The third-order valence-electron chi connectivity index (χ3n) is 0.925. The van der Waals surface area contributed by atoms with Crippen molar-refractivity contribution >= 4 is 17.7 Å². The van der Waals surface area contributed by atoms with Crippen molar-refractivity contribution in [1.82, 2.24) is 0 Å². The molecule has 0 saturated heterocycles. The normalized spacial score (nSPS) is 13.0. The summed E-state index contributed by atoms with van der Waals surface area (Å²) in [5, 5.41) is 17.2. The van der Waals surface area contributed by atoms with Crippen LogP contribution < -0.4 is 0 Å². The molecule has 3 nitrogen and oxygen atoms in total. The van der Waals surface area contributed by atoms with Gasteiger partial charge in [0.05, 0.1) is 12.5 Å². The van der Waals surface area contributed by atoms with Crippen LogP contribution in [0.4, 0.5) is 0 Å². The zero-order valence-electron chi connectivity index (χ0n) is 5.91. The molecule has 0 heterocycles. The number of aliphatic carboxylic acids is 1. The lowest BCUT2D eigenvalue weighted by Crippen LogP contribution is -2.15. The highest BCUT2D eigenvalue weighted by atomic mass is 32.2. The summed E-state index contributed by atoms with van der Waals surface area (Å²) in [7, 11) is 0. The van der Waals surface area contributed by atoms with E-state index in [1.807, 2.05) is 6.92 Å². The van der Waals surface area contributed by atoms with Crippen LogP contribution in [-0.4, -0.2) is 33.8 Å². The Kier molecular flexibility index (Phi) is 5.43. The lowest BCUT2D eigenvalue weighted by molar-refractivity contribution is -0.138. The number of aliphatic hydroxyl groups is 1. The van der Waals surface area contributed by atoms with Gasteiger partial charge in [-0.3, -0.25) is 4.79 Å². The van der Waals surface area contributed by atoms with Gasteiger partial charge in [0.1, 0.15) is 0 Å². The number of thioether (sulfide) groups is 1. The van der Waals surface area contributed by atoms with Crippen LogP contribution in [0.2, 0.25) is 0 Å². The molecule has 0 aliphatic rings. The number of rotatable bonds is 5. The second-order valence-corrected chi connectivity index (χ2v) is 3.23. The molecule has 0 aromatic rings. The second kappa shape index (κ2) is 5.56. The minimum absolute atomic E-state index is 0.146. The van der Waals surface area contributed by atoms with E-state index >= 15 is 0 Å². The molecule has 0 radical (unpaired) electrons. The topological polar surface area (TPSA) is 57.5 Å². The third-order valence-corrected chi connectivity index (χ3v) is 1.95. The van der Waals surface area contributed by atoms with Gasteiger partial charge >= 0.3 is 5.97 Å². The minimum atomic E-state index is -0.941. The van der Waals surface area contributed by atoms with Crippen molar-refractivity contribution in [3.63, 3.8) is 0 Å². The highest BCUT2D eigenvalue weighted by Crippen LogP contribution is 2.04. The monoisotopic (exact) mass is 164 g/mol. The summed E-state index contributed by atoms with van der Waals surface area (Å²) in [6.07, 6.45) is -0.838. The molecule has 0 amide bonds. The van der Waals surface area contributed by atoms with Gasteiger partial charge in [-0.05, 0) is 5.75 Å². The molecule has 4 heteroatoms. The number of carbonyl (C=O) groups is 1. The van der Waals surface area contributed by atoms with Crippen LogP contribution in [0.1, 0.15) is 13.3 Å². The average Bonchev–Trinajstić information content (AvgIpc) is 1.82. The maximum absolute atomic E-state index is 10.0. The van der Waals surface area contributed by atoms with Crippen molar-refractivity contribution in [2.24, 2.45) is 0 Å². The fourth-order valence-corrected chi connectivity index (χ4v) is 1.14. The Balaban J connectivity index is 3.25. The Hall–Kier alpha value is -0.220. The molecule has 10 heavy (non-hydrogen) atoms. The quantitative estimate of drug-likeness (QED) is 0.624. The predicted molar refractivity (Wildman–Crippen MR) is 41.3 cm³/mol. The van der Waals surface area contributed by atoms with Gasteiger partial charge in [-0.1, -0.05) is 6.92 Å². The minimum Gasteiger partial charge on any atom is -0.481 e. The van der Waals surface area contributed by atoms with E-state index in [2.05, 4.69) is 0 Å². The van der Waals surface area contributed by atoms with Crippen LogP contribution in [0.25, 0.3) is 0 Å². The maximum atomic E-state index is 10.0. The van der Waals surface area contributed by atoms with E-state index in [-0.39, 0.29) is 6.42 Å². The summed E-state index contributed by atoms with van der Waals surface area (Å²) >= 11 is 1.54. The first kappa shape index (κ1) is 9.78. The molecule has 0 spiro atoms. The zero-order chi connectivity index (χ0) is 7.98. The van der Waals surface area contributed by atoms with Crippen molar-refractivity contribution < 1.29 is 15.0 Å². The van der Waals surface area contributed by atoms with E-state index < -0.39 is 12.1 Å². The summed E-state index contributed by atoms with van der Waals surface area (Å²) in [5.74, 6) is 0.489. The molecule has 2 N–H and O–H groups in total. The summed E-state index contributed by atoms with van der Waals surface area (Å²) in [6.45, 7) is 1.97. The molecular formula is C6H12O3S. The van der Waals surface area contributed by atoms with Crippen LogP contribution in [0.15, 0.2) is 0 Å². The number of carboxylic acids is 1. The molecule has 0 aliphatic heterocycles. The van der Waals surface area contributed by atoms with Crippen molar-refractivity contribution in [2.75, 3.05) is 11.5 Å². The Morgan fingerprint density at radius 2 is 2.30 bits per heavy atom. The van der Waals surface area contributed by atoms with E-state index in [0.29, 0.717) is 5.75 Å². The van der Waals surface area contributed by atoms with Crippen molar-refractivity contribution in [1.29, 1.82) is 0 Å². The first-order valence-electron chi connectivity index (χ1n) is 3.14. The standard InChI is InChI=1S/C6H12O3S/c1-2-10-4-5(7)3-6(8)9/h5,7H,2-4H2,1H3,(H,8,9). The smallest absolute Gasteiger partial charge is 0.306 e. The van der Waals surface area contributed by atoms with E-state index in [1.54, 1.807) is 11.8 Å². The molecule has 0 fully saturated rings. The van der Waals surface area contributed by atoms with E-state index in [9.17, 15) is 4.79 Å². The molecule has 0 rings (SSSR count). The molecule has 0 aromatic carbocycles. The van der Waals surface area contributed by atoms with Crippen molar-refractivity contribution in [3.8, 4) is 0 Å². The van der Waals surface area contributed by atoms with Gasteiger partial charge in [-0.25, -0.2) is 0 Å². The summed E-state index contributed by atoms with van der Waals surface area (Å²) < 4.78 is 0. The molecule has 1 atom stereocenters. The Morgan fingerprint density at radius 1 is 1.70 bits per heavy atom. The lowest BCUT2D eigenvalue weighted by Gasteiger charge is -2.04. The predicted octanol–water partition coefficient (Wildman–Crippen LogP) is 0.575. The second-order valence-electron chi connectivity index (χ2n) is 1.91. The number of hydrogen-bond acceptors (Lipinski definition) is 3. The lowest BCUT2D eigenvalue weighted by atomic mass is 10.3. The largest absolute Gasteiger partial charge is 0.481 e. The van der Waals surface area contributed by atoms with Crippen LogP contribution in [0, 0.1) is 0 Å². The first-order valence-corrected chi connectivity index (χ1v) is 4.30. The van der Waals surface area contributed by atoms with Gasteiger partial charge in [0, 0.05) is 5.75 Å². The fraction of sp³-hybridized carbons (Fsp3) is 0.833. The number of aliphatic hydroxyl groups excluding tert-OH is 1. The van der Waals surface area contributed by atoms with E-state index in [4.69, 9.17) is 10.2 Å². The van der Waals surface area contributed by atoms with Gasteiger partial charge in [0.2, 0.25) is 0 Å². The summed E-state index contributed by atoms with van der Waals surface area (Å²) in [6, 6.07) is 0. The van der Waals surface area contributed by atoms with Gasteiger partial charge in [0.15, 0.2) is 0 Å². The van der Waals surface area contributed by atoms with Gasteiger partial charge < -0.3 is 10.2 Å². The van der Waals surface area contributed by atoms with Crippen LogP contribution >= 0.6 is 11.8 Å².